The number of piperidine rings is 1. The molecule has 8 heteroatoms. The molecular formula is C30H41N3O5. The molecule has 38 heavy (non-hydrogen) atoms. The first-order chi connectivity index (χ1) is 18.5. The van der Waals surface area contributed by atoms with E-state index in [4.69, 9.17) is 9.47 Å². The molecule has 7 aliphatic rings. The number of hydrogen-bond donors (Lipinski definition) is 2. The van der Waals surface area contributed by atoms with Crippen LogP contribution < -0.4 is 4.74 Å². The van der Waals surface area contributed by atoms with E-state index < -0.39 is 16.6 Å². The van der Waals surface area contributed by atoms with E-state index >= 15 is 0 Å². The Hall–Kier alpha value is -1.87. The van der Waals surface area contributed by atoms with E-state index in [9.17, 15) is 15.0 Å². The number of phenols is 1. The van der Waals surface area contributed by atoms with Crippen LogP contribution in [0.5, 0.6) is 11.5 Å². The summed E-state index contributed by atoms with van der Waals surface area (Å²) in [5, 5.41) is 23.8. The standard InChI is InChI=1S/C30H41N3O5/c34-22-5-4-21-18-23-30(36)9-8-28(7-1-11-33(28)24(35)6-12-31-14-16-37-17-15-31)27-29(30,25(21)26(22)38-27)10-13-32(23)19-20-2-3-20/h4-5,20,23,27,34,36H,1-3,6-19H2/t23-,27+,28-,29+,30-/m1/s1. The van der Waals surface area contributed by atoms with Crippen LogP contribution in [0.3, 0.4) is 0 Å². The number of hydrogen-bond acceptors (Lipinski definition) is 7. The molecule has 2 spiro atoms. The molecular weight excluding hydrogens is 482 g/mol. The van der Waals surface area contributed by atoms with Crippen molar-refractivity contribution in [3.8, 4) is 11.5 Å². The van der Waals surface area contributed by atoms with Gasteiger partial charge in [0.2, 0.25) is 5.91 Å². The molecule has 4 heterocycles. The second-order valence-electron chi connectivity index (χ2n) is 13.2. The summed E-state index contributed by atoms with van der Waals surface area (Å²) in [6.45, 7) is 6.78. The maximum absolute atomic E-state index is 13.9. The molecule has 3 saturated heterocycles. The highest BCUT2D eigenvalue weighted by Gasteiger charge is 2.77. The molecule has 1 aromatic rings. The highest BCUT2D eigenvalue weighted by molar-refractivity contribution is 5.78. The summed E-state index contributed by atoms with van der Waals surface area (Å²) in [5.74, 6) is 1.73. The monoisotopic (exact) mass is 523 g/mol. The van der Waals surface area contributed by atoms with Crippen LogP contribution in [0, 0.1) is 5.92 Å². The van der Waals surface area contributed by atoms with Gasteiger partial charge in [-0.3, -0.25) is 14.6 Å². The summed E-state index contributed by atoms with van der Waals surface area (Å²) in [6.07, 6.45) is 7.72. The lowest BCUT2D eigenvalue weighted by atomic mass is 9.45. The van der Waals surface area contributed by atoms with Gasteiger partial charge in [0, 0.05) is 50.7 Å². The smallest absolute Gasteiger partial charge is 0.224 e. The zero-order chi connectivity index (χ0) is 25.7. The first-order valence-corrected chi connectivity index (χ1v) is 15.1. The van der Waals surface area contributed by atoms with Gasteiger partial charge in [-0.15, -0.1) is 0 Å². The number of fused-ring (bicyclic) bond motifs is 1. The fourth-order valence-electron chi connectivity index (χ4n) is 9.60. The summed E-state index contributed by atoms with van der Waals surface area (Å²) >= 11 is 0. The average Bonchev–Trinajstić information content (AvgIpc) is 3.52. The summed E-state index contributed by atoms with van der Waals surface area (Å²) in [5.41, 5.74) is 0.352. The predicted octanol–water partition coefficient (Wildman–Crippen LogP) is 2.04. The van der Waals surface area contributed by atoms with Gasteiger partial charge in [0.05, 0.1) is 29.8 Å². The summed E-state index contributed by atoms with van der Waals surface area (Å²) in [6, 6.07) is 3.91. The molecule has 8 rings (SSSR count). The summed E-state index contributed by atoms with van der Waals surface area (Å²) in [4.78, 5) is 20.9. The fraction of sp³-hybridized carbons (Fsp3) is 0.767. The number of rotatable bonds is 5. The molecule has 0 radical (unpaired) electrons. The molecule has 4 aliphatic heterocycles. The minimum Gasteiger partial charge on any atom is -0.504 e. The lowest BCUT2D eigenvalue weighted by Crippen LogP contribution is -2.80. The second kappa shape index (κ2) is 8.32. The molecule has 2 bridgehead atoms. The summed E-state index contributed by atoms with van der Waals surface area (Å²) < 4.78 is 12.4. The van der Waals surface area contributed by atoms with Gasteiger partial charge in [0.15, 0.2) is 11.5 Å². The van der Waals surface area contributed by atoms with Gasteiger partial charge in [0.1, 0.15) is 6.10 Å². The molecule has 2 N–H and O–H groups in total. The quantitative estimate of drug-likeness (QED) is 0.611. The Labute approximate surface area is 224 Å². The molecule has 5 fully saturated rings. The molecule has 8 nitrogen and oxygen atoms in total. The van der Waals surface area contributed by atoms with Crippen LogP contribution in [0.2, 0.25) is 0 Å². The normalized spacial score (nSPS) is 39.9. The van der Waals surface area contributed by atoms with E-state index in [0.717, 1.165) is 96.1 Å². The van der Waals surface area contributed by atoms with Crippen LogP contribution in [0.4, 0.5) is 0 Å². The molecule has 1 amide bonds. The van der Waals surface area contributed by atoms with Crippen LogP contribution in [0.25, 0.3) is 0 Å². The van der Waals surface area contributed by atoms with Crippen molar-refractivity contribution in [3.05, 3.63) is 23.3 Å². The largest absolute Gasteiger partial charge is 0.504 e. The van der Waals surface area contributed by atoms with E-state index in [1.54, 1.807) is 6.07 Å². The number of likely N-dealkylation sites (tertiary alicyclic amines) is 2. The zero-order valence-corrected chi connectivity index (χ0v) is 22.4. The molecule has 0 aromatic heterocycles. The number of amides is 1. The minimum absolute atomic E-state index is 0.0650. The Morgan fingerprint density at radius 3 is 2.71 bits per heavy atom. The third kappa shape index (κ3) is 3.09. The Balaban J connectivity index is 1.17. The van der Waals surface area contributed by atoms with Crippen molar-refractivity contribution in [1.29, 1.82) is 0 Å². The van der Waals surface area contributed by atoms with Crippen molar-refractivity contribution in [1.82, 2.24) is 14.7 Å². The van der Waals surface area contributed by atoms with Gasteiger partial charge in [-0.05, 0) is 75.5 Å². The lowest BCUT2D eigenvalue weighted by molar-refractivity contribution is -0.217. The number of carbonyl (C=O) groups excluding carboxylic acids is 1. The average molecular weight is 524 g/mol. The molecule has 2 saturated carbocycles. The third-order valence-corrected chi connectivity index (χ3v) is 11.5. The number of aromatic hydroxyl groups is 1. The minimum atomic E-state index is -0.910. The van der Waals surface area contributed by atoms with Gasteiger partial charge in [-0.25, -0.2) is 0 Å². The van der Waals surface area contributed by atoms with Crippen LogP contribution >= 0.6 is 0 Å². The molecule has 206 valence electrons. The van der Waals surface area contributed by atoms with Gasteiger partial charge < -0.3 is 24.6 Å². The van der Waals surface area contributed by atoms with E-state index in [-0.39, 0.29) is 23.8 Å². The predicted molar refractivity (Wildman–Crippen MR) is 140 cm³/mol. The molecule has 1 aromatic carbocycles. The second-order valence-corrected chi connectivity index (χ2v) is 13.2. The Bertz CT molecular complexity index is 1150. The lowest BCUT2D eigenvalue weighted by Gasteiger charge is -2.67. The third-order valence-electron chi connectivity index (χ3n) is 11.5. The van der Waals surface area contributed by atoms with Gasteiger partial charge in [0.25, 0.3) is 0 Å². The van der Waals surface area contributed by atoms with Gasteiger partial charge in [-0.1, -0.05) is 6.07 Å². The number of carbonyl (C=O) groups is 1. The Kier molecular flexibility index (Phi) is 5.25. The van der Waals surface area contributed by atoms with Crippen molar-refractivity contribution in [2.24, 2.45) is 5.92 Å². The van der Waals surface area contributed by atoms with Crippen molar-refractivity contribution in [2.45, 2.75) is 86.5 Å². The number of morpholine rings is 1. The number of aliphatic hydroxyl groups is 1. The highest BCUT2D eigenvalue weighted by Crippen LogP contribution is 2.69. The maximum Gasteiger partial charge on any atom is 0.224 e. The van der Waals surface area contributed by atoms with E-state index in [1.165, 1.54) is 18.4 Å². The van der Waals surface area contributed by atoms with Crippen LogP contribution in [-0.4, -0.2) is 107 Å². The number of nitrogens with zero attached hydrogens (tertiary/aromatic N) is 3. The molecule has 3 aliphatic carbocycles. The Morgan fingerprint density at radius 2 is 1.89 bits per heavy atom. The van der Waals surface area contributed by atoms with Gasteiger partial charge >= 0.3 is 0 Å². The van der Waals surface area contributed by atoms with Gasteiger partial charge in [-0.2, -0.15) is 0 Å². The first kappa shape index (κ1) is 24.0. The number of benzene rings is 1. The Morgan fingerprint density at radius 1 is 1.05 bits per heavy atom. The van der Waals surface area contributed by atoms with Crippen molar-refractivity contribution in [2.75, 3.05) is 52.5 Å². The highest BCUT2D eigenvalue weighted by atomic mass is 16.5. The van der Waals surface area contributed by atoms with Crippen molar-refractivity contribution >= 4 is 5.91 Å². The maximum atomic E-state index is 13.9. The first-order valence-electron chi connectivity index (χ1n) is 15.1. The van der Waals surface area contributed by atoms with E-state index in [2.05, 4.69) is 20.8 Å². The van der Waals surface area contributed by atoms with Crippen LogP contribution in [0.1, 0.15) is 62.5 Å². The van der Waals surface area contributed by atoms with E-state index in [1.807, 2.05) is 0 Å². The van der Waals surface area contributed by atoms with Crippen LogP contribution in [0.15, 0.2) is 12.1 Å². The fourth-order valence-corrected chi connectivity index (χ4v) is 9.60. The molecule has 5 atom stereocenters. The SMILES string of the molecule is O=C(CCN1CCOCC1)N1CCC[C@]12CC[C@@]1(O)[C@H]3Cc4ccc(O)c5c4[C@@]1(CCN3CC1CC1)[C@H]2O5. The van der Waals surface area contributed by atoms with E-state index in [0.29, 0.717) is 18.6 Å². The topological polar surface area (TPSA) is 85.7 Å². The zero-order valence-electron chi connectivity index (χ0n) is 22.4. The van der Waals surface area contributed by atoms with Crippen molar-refractivity contribution in [3.63, 3.8) is 0 Å². The van der Waals surface area contributed by atoms with Crippen molar-refractivity contribution < 1.29 is 24.5 Å². The number of phenolic OH excluding ortho intramolecular Hbond substituents is 1. The summed E-state index contributed by atoms with van der Waals surface area (Å²) in [7, 11) is 0. The molecule has 0 unspecified atom stereocenters. The number of ether oxygens (including phenoxy) is 2. The van der Waals surface area contributed by atoms with Crippen LogP contribution in [-0.2, 0) is 21.4 Å².